The van der Waals surface area contributed by atoms with E-state index < -0.39 is 12.1 Å². The normalized spacial score (nSPS) is 12.3. The first kappa shape index (κ1) is 17.8. The van der Waals surface area contributed by atoms with Crippen LogP contribution in [-0.4, -0.2) is 33.6 Å². The van der Waals surface area contributed by atoms with Crippen LogP contribution in [0, 0.1) is 0 Å². The molecule has 0 fully saturated rings. The van der Waals surface area contributed by atoms with Crippen LogP contribution in [0.5, 0.6) is 0 Å². The van der Waals surface area contributed by atoms with Gasteiger partial charge in [-0.05, 0) is 22.3 Å². The van der Waals surface area contributed by atoms with E-state index >= 15 is 0 Å². The molecule has 0 bridgehead atoms. The largest absolute Gasteiger partial charge is 0.481 e. The van der Waals surface area contributed by atoms with Crippen molar-refractivity contribution in [2.24, 2.45) is 0 Å². The Hall–Kier alpha value is -3.61. The van der Waals surface area contributed by atoms with Gasteiger partial charge < -0.3 is 9.84 Å². The first-order chi connectivity index (χ1) is 13.6. The average Bonchev–Trinajstić information content (AvgIpc) is 3.27. The van der Waals surface area contributed by atoms with Gasteiger partial charge in [0.2, 0.25) is 0 Å². The molecule has 3 aromatic rings. The summed E-state index contributed by atoms with van der Waals surface area (Å²) in [5, 5.41) is 15.4. The van der Waals surface area contributed by atoms with Gasteiger partial charge in [0.05, 0.1) is 24.8 Å². The Labute approximate surface area is 161 Å². The molecule has 2 N–H and O–H groups in total. The molecule has 0 radical (unpaired) electrons. The summed E-state index contributed by atoms with van der Waals surface area (Å²) in [5.74, 6) is -0.905. The number of hydrogen-bond donors (Lipinski definition) is 2. The standard InChI is InChI=1S/C21H19N3O4/c25-20(26)9-10-24-12-14(11-22-24)23-21(27)28-13-19-17-7-3-1-5-15(17)16-6-2-4-8-18(16)19/h1-8,11-12,19H,9-10,13H2,(H,23,27)(H,25,26). The molecule has 7 nitrogen and oxygen atoms in total. The van der Waals surface area contributed by atoms with Crippen LogP contribution in [0.4, 0.5) is 10.5 Å². The number of nitrogens with zero attached hydrogens (tertiary/aromatic N) is 2. The second kappa shape index (κ2) is 7.56. The van der Waals surface area contributed by atoms with Crippen LogP contribution >= 0.6 is 0 Å². The fourth-order valence-electron chi connectivity index (χ4n) is 3.51. The number of benzene rings is 2. The van der Waals surface area contributed by atoms with Crippen molar-refractivity contribution < 1.29 is 19.4 Å². The van der Waals surface area contributed by atoms with Gasteiger partial charge in [0.15, 0.2) is 0 Å². The summed E-state index contributed by atoms with van der Waals surface area (Å²) in [6.45, 7) is 0.467. The summed E-state index contributed by atoms with van der Waals surface area (Å²) in [6, 6.07) is 16.3. The first-order valence-corrected chi connectivity index (χ1v) is 8.98. The van der Waals surface area contributed by atoms with Gasteiger partial charge in [-0.25, -0.2) is 4.79 Å². The molecule has 1 heterocycles. The number of fused-ring (bicyclic) bond motifs is 3. The van der Waals surface area contributed by atoms with Crippen LogP contribution in [0.2, 0.25) is 0 Å². The Morgan fingerprint density at radius 3 is 2.36 bits per heavy atom. The minimum Gasteiger partial charge on any atom is -0.481 e. The Bertz CT molecular complexity index is 982. The number of carboxylic acids is 1. The predicted molar refractivity (Wildman–Crippen MR) is 103 cm³/mol. The molecular formula is C21H19N3O4. The van der Waals surface area contributed by atoms with E-state index in [1.54, 1.807) is 6.20 Å². The van der Waals surface area contributed by atoms with Crippen molar-refractivity contribution in [2.45, 2.75) is 18.9 Å². The zero-order valence-electron chi connectivity index (χ0n) is 15.0. The maximum atomic E-state index is 12.2. The Kier molecular flexibility index (Phi) is 4.80. The van der Waals surface area contributed by atoms with Crippen LogP contribution in [-0.2, 0) is 16.1 Å². The lowest BCUT2D eigenvalue weighted by atomic mass is 9.98. The zero-order valence-corrected chi connectivity index (χ0v) is 15.0. The smallest absolute Gasteiger partial charge is 0.411 e. The van der Waals surface area contributed by atoms with Crippen molar-refractivity contribution in [1.82, 2.24) is 9.78 Å². The van der Waals surface area contributed by atoms with Gasteiger partial charge in [-0.2, -0.15) is 5.10 Å². The highest BCUT2D eigenvalue weighted by Gasteiger charge is 2.29. The lowest BCUT2D eigenvalue weighted by molar-refractivity contribution is -0.137. The van der Waals surface area contributed by atoms with E-state index in [1.165, 1.54) is 22.0 Å². The molecular weight excluding hydrogens is 358 g/mol. The number of rotatable bonds is 6. The number of nitrogens with one attached hydrogen (secondary N) is 1. The van der Waals surface area contributed by atoms with Crippen molar-refractivity contribution in [3.05, 3.63) is 72.1 Å². The van der Waals surface area contributed by atoms with Gasteiger partial charge in [0, 0.05) is 12.1 Å². The van der Waals surface area contributed by atoms with E-state index in [9.17, 15) is 9.59 Å². The minimum absolute atomic E-state index is 0.00330. The number of aromatic nitrogens is 2. The SMILES string of the molecule is O=C(O)CCn1cc(NC(=O)OCC2c3ccccc3-c3ccccc32)cn1. The molecule has 0 unspecified atom stereocenters. The molecule has 0 aliphatic heterocycles. The van der Waals surface area contributed by atoms with Crippen molar-refractivity contribution in [3.8, 4) is 11.1 Å². The van der Waals surface area contributed by atoms with Gasteiger partial charge in [-0.3, -0.25) is 14.8 Å². The monoisotopic (exact) mass is 377 g/mol. The maximum absolute atomic E-state index is 12.2. The highest BCUT2D eigenvalue weighted by atomic mass is 16.5. The molecule has 0 spiro atoms. The second-order valence-corrected chi connectivity index (χ2v) is 6.59. The molecule has 1 amide bonds. The summed E-state index contributed by atoms with van der Waals surface area (Å²) in [7, 11) is 0. The molecule has 0 saturated carbocycles. The molecule has 28 heavy (non-hydrogen) atoms. The number of aliphatic carboxylic acids is 1. The number of amides is 1. The highest BCUT2D eigenvalue weighted by molar-refractivity contribution is 5.84. The third-order valence-corrected chi connectivity index (χ3v) is 4.78. The molecule has 0 saturated heterocycles. The Balaban J connectivity index is 1.40. The van der Waals surface area contributed by atoms with Crippen LogP contribution in [0.3, 0.4) is 0 Å². The van der Waals surface area contributed by atoms with Crippen LogP contribution in [0.15, 0.2) is 60.9 Å². The van der Waals surface area contributed by atoms with Gasteiger partial charge in [-0.1, -0.05) is 48.5 Å². The summed E-state index contributed by atoms with van der Waals surface area (Å²) >= 11 is 0. The van der Waals surface area contributed by atoms with Gasteiger partial charge in [-0.15, -0.1) is 0 Å². The predicted octanol–water partition coefficient (Wildman–Crippen LogP) is 3.72. The summed E-state index contributed by atoms with van der Waals surface area (Å²) in [6.07, 6.45) is 2.43. The van der Waals surface area contributed by atoms with E-state index in [2.05, 4.69) is 34.7 Å². The highest BCUT2D eigenvalue weighted by Crippen LogP contribution is 2.44. The minimum atomic E-state index is -0.901. The quantitative estimate of drug-likeness (QED) is 0.683. The van der Waals surface area contributed by atoms with E-state index in [4.69, 9.17) is 9.84 Å². The molecule has 1 aromatic heterocycles. The van der Waals surface area contributed by atoms with Crippen LogP contribution in [0.25, 0.3) is 11.1 Å². The molecule has 1 aliphatic carbocycles. The van der Waals surface area contributed by atoms with Crippen molar-refractivity contribution in [3.63, 3.8) is 0 Å². The van der Waals surface area contributed by atoms with Crippen LogP contribution in [0.1, 0.15) is 23.5 Å². The summed E-state index contributed by atoms with van der Waals surface area (Å²) in [4.78, 5) is 22.8. The average molecular weight is 377 g/mol. The summed E-state index contributed by atoms with van der Waals surface area (Å²) in [5.41, 5.74) is 5.11. The Morgan fingerprint density at radius 2 is 1.71 bits per heavy atom. The zero-order chi connectivity index (χ0) is 19.5. The third kappa shape index (κ3) is 3.59. The number of anilines is 1. The first-order valence-electron chi connectivity index (χ1n) is 8.98. The number of ether oxygens (including phenoxy) is 1. The maximum Gasteiger partial charge on any atom is 0.411 e. The number of hydrogen-bond acceptors (Lipinski definition) is 4. The van der Waals surface area contributed by atoms with E-state index in [0.29, 0.717) is 5.69 Å². The number of carbonyl (C=O) groups is 2. The number of aryl methyl sites for hydroxylation is 1. The fraction of sp³-hybridized carbons (Fsp3) is 0.190. The fourth-order valence-corrected chi connectivity index (χ4v) is 3.51. The molecule has 7 heteroatoms. The molecule has 0 atom stereocenters. The molecule has 142 valence electrons. The molecule has 4 rings (SSSR count). The van der Waals surface area contributed by atoms with Crippen molar-refractivity contribution >= 4 is 17.7 Å². The second-order valence-electron chi connectivity index (χ2n) is 6.59. The number of carbonyl (C=O) groups excluding carboxylic acids is 1. The van der Waals surface area contributed by atoms with Crippen molar-refractivity contribution in [1.29, 1.82) is 0 Å². The Morgan fingerprint density at radius 1 is 1.07 bits per heavy atom. The number of carboxylic acid groups (broad SMARTS) is 1. The van der Waals surface area contributed by atoms with Gasteiger partial charge in [0.25, 0.3) is 0 Å². The van der Waals surface area contributed by atoms with Crippen molar-refractivity contribution in [2.75, 3.05) is 11.9 Å². The van der Waals surface area contributed by atoms with Gasteiger partial charge in [0.1, 0.15) is 6.61 Å². The summed E-state index contributed by atoms with van der Waals surface area (Å²) < 4.78 is 6.94. The lowest BCUT2D eigenvalue weighted by Gasteiger charge is -2.14. The van der Waals surface area contributed by atoms with Crippen LogP contribution < -0.4 is 5.32 Å². The van der Waals surface area contributed by atoms with Gasteiger partial charge >= 0.3 is 12.1 Å². The van der Waals surface area contributed by atoms with E-state index in [1.807, 2.05) is 24.3 Å². The topological polar surface area (TPSA) is 93.5 Å². The van der Waals surface area contributed by atoms with E-state index in [-0.39, 0.29) is 25.5 Å². The lowest BCUT2D eigenvalue weighted by Crippen LogP contribution is -2.17. The van der Waals surface area contributed by atoms with E-state index in [0.717, 1.165) is 11.1 Å². The molecule has 2 aromatic carbocycles. The third-order valence-electron chi connectivity index (χ3n) is 4.78. The molecule has 1 aliphatic rings.